The highest BCUT2D eigenvalue weighted by molar-refractivity contribution is 6.53. The largest absolute Gasteiger partial charge is 0.399 e. The van der Waals surface area contributed by atoms with Crippen LogP contribution in [0.25, 0.3) is 0 Å². The Kier molecular flexibility index (Phi) is 6.85. The Morgan fingerprint density at radius 2 is 1.76 bits per heavy atom. The molecule has 2 atom stereocenters. The SMILES string of the molecule is Cc1cc(N)ccc1CC(=O)c1cc(NC(=O)[C@H]2[C@H](c3ccc(F)c(Cl)c3)C2(Cl)Cl)ccc1Cl. The molecule has 3 aromatic carbocycles. The monoisotopic (exact) mass is 538 g/mol. The summed E-state index contributed by atoms with van der Waals surface area (Å²) in [6.45, 7) is 1.88. The van der Waals surface area contributed by atoms with Crippen LogP contribution < -0.4 is 11.1 Å². The van der Waals surface area contributed by atoms with Gasteiger partial charge < -0.3 is 11.1 Å². The second-order valence-electron chi connectivity index (χ2n) is 8.27. The van der Waals surface area contributed by atoms with Crippen LogP contribution in [0.2, 0.25) is 10.0 Å². The summed E-state index contributed by atoms with van der Waals surface area (Å²) in [5.74, 6) is -2.57. The van der Waals surface area contributed by atoms with Crippen LogP contribution >= 0.6 is 46.4 Å². The van der Waals surface area contributed by atoms with E-state index in [9.17, 15) is 14.0 Å². The van der Waals surface area contributed by atoms with Crippen LogP contribution in [0.4, 0.5) is 15.8 Å². The number of amides is 1. The normalized spacial score (nSPS) is 18.4. The molecule has 0 saturated heterocycles. The lowest BCUT2D eigenvalue weighted by molar-refractivity contribution is -0.117. The van der Waals surface area contributed by atoms with Crippen molar-refractivity contribution in [2.75, 3.05) is 11.1 Å². The highest BCUT2D eigenvalue weighted by Crippen LogP contribution is 2.65. The lowest BCUT2D eigenvalue weighted by Crippen LogP contribution is -2.17. The van der Waals surface area contributed by atoms with E-state index in [4.69, 9.17) is 52.1 Å². The number of hydrogen-bond acceptors (Lipinski definition) is 3. The van der Waals surface area contributed by atoms with Gasteiger partial charge in [-0.2, -0.15) is 0 Å². The summed E-state index contributed by atoms with van der Waals surface area (Å²) in [5.41, 5.74) is 9.33. The van der Waals surface area contributed by atoms with Crippen molar-refractivity contribution in [3.05, 3.63) is 92.7 Å². The molecule has 176 valence electrons. The number of nitrogens with one attached hydrogen (secondary N) is 1. The highest BCUT2D eigenvalue weighted by Gasteiger charge is 2.67. The number of carbonyl (C=O) groups excluding carboxylic acids is 2. The number of nitrogen functional groups attached to an aromatic ring is 1. The van der Waals surface area contributed by atoms with Crippen molar-refractivity contribution in [2.45, 2.75) is 23.6 Å². The molecule has 0 aliphatic heterocycles. The summed E-state index contributed by atoms with van der Waals surface area (Å²) < 4.78 is 12.1. The number of carbonyl (C=O) groups is 2. The molecule has 0 aromatic heterocycles. The van der Waals surface area contributed by atoms with Gasteiger partial charge >= 0.3 is 0 Å². The molecule has 1 amide bonds. The van der Waals surface area contributed by atoms with Crippen molar-refractivity contribution in [3.63, 3.8) is 0 Å². The Balaban J connectivity index is 1.51. The van der Waals surface area contributed by atoms with E-state index < -0.39 is 27.9 Å². The Labute approximate surface area is 216 Å². The average Bonchev–Trinajstić information content (AvgIpc) is 3.35. The zero-order chi connectivity index (χ0) is 24.8. The third kappa shape index (κ3) is 4.89. The zero-order valence-corrected chi connectivity index (χ0v) is 20.9. The summed E-state index contributed by atoms with van der Waals surface area (Å²) in [5, 5.41) is 2.94. The molecule has 3 N–H and O–H groups in total. The van der Waals surface area contributed by atoms with E-state index >= 15 is 0 Å². The van der Waals surface area contributed by atoms with Gasteiger partial charge in [-0.15, -0.1) is 23.2 Å². The lowest BCUT2D eigenvalue weighted by atomic mass is 9.98. The van der Waals surface area contributed by atoms with Crippen molar-refractivity contribution in [1.29, 1.82) is 0 Å². The molecule has 9 heteroatoms. The number of aryl methyl sites for hydroxylation is 1. The summed E-state index contributed by atoms with van der Waals surface area (Å²) in [4.78, 5) is 25.9. The second kappa shape index (κ2) is 9.38. The minimum atomic E-state index is -1.37. The van der Waals surface area contributed by atoms with Gasteiger partial charge in [0.1, 0.15) is 10.2 Å². The van der Waals surface area contributed by atoms with Crippen molar-refractivity contribution in [3.8, 4) is 0 Å². The molecule has 34 heavy (non-hydrogen) atoms. The molecule has 0 radical (unpaired) electrons. The number of hydrogen-bond donors (Lipinski definition) is 2. The van der Waals surface area contributed by atoms with Crippen LogP contribution in [0.1, 0.15) is 33.0 Å². The first kappa shape index (κ1) is 24.8. The number of halogens is 5. The van der Waals surface area contributed by atoms with Crippen LogP contribution in [-0.4, -0.2) is 16.0 Å². The smallest absolute Gasteiger partial charge is 0.231 e. The molecule has 4 rings (SSSR count). The lowest BCUT2D eigenvalue weighted by Gasteiger charge is -2.10. The number of ketones is 1. The second-order valence-corrected chi connectivity index (χ2v) is 10.5. The number of anilines is 2. The maximum Gasteiger partial charge on any atom is 0.231 e. The summed E-state index contributed by atoms with van der Waals surface area (Å²) in [7, 11) is 0. The standard InChI is InChI=1S/C25H19Cl4FN2O2/c1-12-8-15(31)4-2-13(12)10-21(33)17-11-16(5-6-18(17)26)32-24(34)23-22(25(23,28)29)14-3-7-20(30)19(27)9-14/h2-9,11,22-23H,10,31H2,1H3,(H,32,34)/t22-,23+/m0/s1. The van der Waals surface area contributed by atoms with Crippen LogP contribution in [0, 0.1) is 18.7 Å². The maximum absolute atomic E-state index is 13.5. The molecule has 1 aliphatic carbocycles. The van der Waals surface area contributed by atoms with E-state index in [-0.39, 0.29) is 27.8 Å². The fourth-order valence-corrected chi connectivity index (χ4v) is 5.24. The molecule has 4 nitrogen and oxygen atoms in total. The number of alkyl halides is 2. The van der Waals surface area contributed by atoms with Crippen LogP contribution in [0.3, 0.4) is 0 Å². The third-order valence-electron chi connectivity index (χ3n) is 5.89. The van der Waals surface area contributed by atoms with Crippen LogP contribution in [0.5, 0.6) is 0 Å². The Morgan fingerprint density at radius 3 is 2.44 bits per heavy atom. The summed E-state index contributed by atoms with van der Waals surface area (Å²) in [6.07, 6.45) is 0.131. The zero-order valence-electron chi connectivity index (χ0n) is 17.8. The molecule has 1 aliphatic rings. The third-order valence-corrected chi connectivity index (χ3v) is 7.45. The van der Waals surface area contributed by atoms with Gasteiger partial charge in [-0.25, -0.2) is 4.39 Å². The number of nitrogens with two attached hydrogens (primary N) is 1. The molecule has 1 saturated carbocycles. The molecule has 0 spiro atoms. The topological polar surface area (TPSA) is 72.2 Å². The van der Waals surface area contributed by atoms with Crippen LogP contribution in [0.15, 0.2) is 54.6 Å². The Hall–Kier alpha value is -2.31. The molecular formula is C25H19Cl4FN2O2. The van der Waals surface area contributed by atoms with E-state index in [0.717, 1.165) is 11.1 Å². The predicted molar refractivity (Wildman–Crippen MR) is 136 cm³/mol. The fraction of sp³-hybridized carbons (Fsp3) is 0.200. The molecule has 0 unspecified atom stereocenters. The van der Waals surface area contributed by atoms with Gasteiger partial charge in [0.05, 0.1) is 16.0 Å². The summed E-state index contributed by atoms with van der Waals surface area (Å²) in [6, 6.07) is 14.1. The minimum absolute atomic E-state index is 0.0788. The van der Waals surface area contributed by atoms with Gasteiger partial charge in [-0.05, 0) is 66.1 Å². The number of Topliss-reactive ketones (excluding diaryl/α,β-unsaturated/α-hetero) is 1. The fourth-order valence-electron chi connectivity index (χ4n) is 4.00. The Morgan fingerprint density at radius 1 is 1.03 bits per heavy atom. The Bertz CT molecular complexity index is 1310. The van der Waals surface area contributed by atoms with Gasteiger partial charge in [-0.3, -0.25) is 9.59 Å². The average molecular weight is 540 g/mol. The first-order valence-corrected chi connectivity index (χ1v) is 11.8. The quantitative estimate of drug-likeness (QED) is 0.202. The molecule has 1 fully saturated rings. The van der Waals surface area contributed by atoms with E-state index in [2.05, 4.69) is 5.32 Å². The minimum Gasteiger partial charge on any atom is -0.399 e. The molecule has 3 aromatic rings. The van der Waals surface area contributed by atoms with Crippen LogP contribution in [-0.2, 0) is 11.2 Å². The first-order chi connectivity index (χ1) is 16.0. The maximum atomic E-state index is 13.5. The van der Waals surface area contributed by atoms with Crippen molar-refractivity contribution in [2.24, 2.45) is 5.92 Å². The van der Waals surface area contributed by atoms with Crippen molar-refractivity contribution < 1.29 is 14.0 Å². The molecule has 0 bridgehead atoms. The first-order valence-electron chi connectivity index (χ1n) is 10.3. The van der Waals surface area contributed by atoms with Crippen molar-refractivity contribution in [1.82, 2.24) is 0 Å². The van der Waals surface area contributed by atoms with Gasteiger partial charge in [0.15, 0.2) is 5.78 Å². The van der Waals surface area contributed by atoms with E-state index in [1.807, 2.05) is 6.92 Å². The van der Waals surface area contributed by atoms with Gasteiger partial charge in [0.25, 0.3) is 0 Å². The van der Waals surface area contributed by atoms with Gasteiger partial charge in [-0.1, -0.05) is 35.3 Å². The highest BCUT2D eigenvalue weighted by atomic mass is 35.5. The van der Waals surface area contributed by atoms with E-state index in [1.165, 1.54) is 24.3 Å². The number of rotatable bonds is 6. The van der Waals surface area contributed by atoms with Gasteiger partial charge in [0, 0.05) is 29.3 Å². The van der Waals surface area contributed by atoms with E-state index in [1.54, 1.807) is 30.3 Å². The molecular weight excluding hydrogens is 521 g/mol. The summed E-state index contributed by atoms with van der Waals surface area (Å²) >= 11 is 24.9. The molecule has 0 heterocycles. The number of benzene rings is 3. The van der Waals surface area contributed by atoms with E-state index in [0.29, 0.717) is 16.9 Å². The van der Waals surface area contributed by atoms with Crippen molar-refractivity contribution >= 4 is 69.5 Å². The predicted octanol–water partition coefficient (Wildman–Crippen LogP) is 6.97. The van der Waals surface area contributed by atoms with Gasteiger partial charge in [0.2, 0.25) is 5.91 Å².